The summed E-state index contributed by atoms with van der Waals surface area (Å²) < 4.78 is 19.7. The number of nitrogens with zero attached hydrogens (tertiary/aromatic N) is 1. The van der Waals surface area contributed by atoms with Gasteiger partial charge >= 0.3 is 6.09 Å². The molecule has 0 unspecified atom stereocenters. The summed E-state index contributed by atoms with van der Waals surface area (Å²) in [5.41, 5.74) is 1.62. The molecule has 3 aromatic carbocycles. The van der Waals surface area contributed by atoms with Crippen LogP contribution in [0.2, 0.25) is 5.02 Å². The van der Waals surface area contributed by atoms with Gasteiger partial charge in [0.2, 0.25) is 0 Å². The molecule has 0 bridgehead atoms. The lowest BCUT2D eigenvalue weighted by Crippen LogP contribution is -2.58. The van der Waals surface area contributed by atoms with Gasteiger partial charge in [-0.25, -0.2) is 9.18 Å². The first-order valence-corrected chi connectivity index (χ1v) is 11.2. The fourth-order valence-electron chi connectivity index (χ4n) is 4.69. The zero-order chi connectivity index (χ0) is 22.6. The van der Waals surface area contributed by atoms with E-state index in [0.29, 0.717) is 31.1 Å². The molecule has 4 rings (SSSR count). The number of carbonyl (C=O) groups is 1. The van der Waals surface area contributed by atoms with Crippen molar-refractivity contribution in [3.05, 3.63) is 101 Å². The van der Waals surface area contributed by atoms with E-state index in [1.165, 1.54) is 12.1 Å². The van der Waals surface area contributed by atoms with Crippen molar-refractivity contribution in [2.45, 2.75) is 24.8 Å². The molecular formula is C26H26ClFN2O2. The van der Waals surface area contributed by atoms with Gasteiger partial charge in [0.15, 0.2) is 11.6 Å². The monoisotopic (exact) mass is 452 g/mol. The zero-order valence-corrected chi connectivity index (χ0v) is 18.7. The van der Waals surface area contributed by atoms with E-state index >= 15 is 0 Å². The molecule has 1 aliphatic heterocycles. The fourth-order valence-corrected chi connectivity index (χ4v) is 4.81. The normalized spacial score (nSPS) is 20.2. The molecule has 32 heavy (non-hydrogen) atoms. The third-order valence-corrected chi connectivity index (χ3v) is 6.41. The van der Waals surface area contributed by atoms with E-state index < -0.39 is 17.4 Å². The van der Waals surface area contributed by atoms with Crippen LogP contribution >= 0.6 is 11.6 Å². The standard InChI is InChI=1S/C26H26ClFN2O2/c1-2-30(25(31)32-24-11-7-6-10-23(24)28)26(16-19-8-4-3-5-9-19)18-29-17-22(26)20-12-14-21(27)15-13-20/h3-15,22,29H,2,16-18H2,1H3/t22-,26+/m0/s1. The van der Waals surface area contributed by atoms with Gasteiger partial charge < -0.3 is 15.0 Å². The van der Waals surface area contributed by atoms with Crippen molar-refractivity contribution in [1.29, 1.82) is 0 Å². The molecule has 6 heteroatoms. The van der Waals surface area contributed by atoms with Gasteiger partial charge in [-0.2, -0.15) is 0 Å². The van der Waals surface area contributed by atoms with Crippen LogP contribution in [0.1, 0.15) is 24.0 Å². The highest BCUT2D eigenvalue weighted by molar-refractivity contribution is 6.30. The third-order valence-electron chi connectivity index (χ3n) is 6.16. The Kier molecular flexibility index (Phi) is 6.77. The van der Waals surface area contributed by atoms with Crippen LogP contribution in [-0.2, 0) is 6.42 Å². The molecular weight excluding hydrogens is 427 g/mol. The molecule has 0 radical (unpaired) electrons. The number of carbonyl (C=O) groups excluding carboxylic acids is 1. The van der Waals surface area contributed by atoms with Crippen molar-refractivity contribution in [2.24, 2.45) is 0 Å². The number of hydrogen-bond acceptors (Lipinski definition) is 3. The Labute approximate surface area is 193 Å². The minimum atomic E-state index is -0.591. The number of benzene rings is 3. The summed E-state index contributed by atoms with van der Waals surface area (Å²) in [6.45, 7) is 3.64. The van der Waals surface area contributed by atoms with Crippen LogP contribution in [0.4, 0.5) is 9.18 Å². The second-order valence-electron chi connectivity index (χ2n) is 8.04. The summed E-state index contributed by atoms with van der Waals surface area (Å²) in [6.07, 6.45) is 0.0742. The maximum atomic E-state index is 14.2. The molecule has 1 amide bonds. The maximum Gasteiger partial charge on any atom is 0.415 e. The Hall–Kier alpha value is -2.89. The van der Waals surface area contributed by atoms with Gasteiger partial charge in [-0.3, -0.25) is 0 Å². The van der Waals surface area contributed by atoms with Gasteiger partial charge in [0.25, 0.3) is 0 Å². The Balaban J connectivity index is 1.74. The summed E-state index contributed by atoms with van der Waals surface area (Å²) in [7, 11) is 0. The molecule has 0 saturated carbocycles. The van der Waals surface area contributed by atoms with E-state index in [1.54, 1.807) is 17.0 Å². The molecule has 0 aromatic heterocycles. The SMILES string of the molecule is CCN(C(=O)Oc1ccccc1F)[C@]1(Cc2ccccc2)CNC[C@H]1c1ccc(Cl)cc1. The Bertz CT molecular complexity index is 1060. The summed E-state index contributed by atoms with van der Waals surface area (Å²) in [5, 5.41) is 4.15. The first-order valence-electron chi connectivity index (χ1n) is 10.8. The average Bonchev–Trinajstić information content (AvgIpc) is 3.21. The van der Waals surface area contributed by atoms with E-state index in [-0.39, 0.29) is 11.7 Å². The minimum absolute atomic E-state index is 0.00749. The van der Waals surface area contributed by atoms with Gasteiger partial charge in [0.1, 0.15) is 0 Å². The maximum absolute atomic E-state index is 14.2. The topological polar surface area (TPSA) is 41.6 Å². The number of halogens is 2. The number of hydrogen-bond donors (Lipinski definition) is 1. The number of ether oxygens (including phenoxy) is 1. The first-order chi connectivity index (χ1) is 15.5. The van der Waals surface area contributed by atoms with Crippen LogP contribution in [0.5, 0.6) is 5.75 Å². The molecule has 166 valence electrons. The lowest BCUT2D eigenvalue weighted by atomic mass is 9.76. The Morgan fingerprint density at radius 2 is 1.78 bits per heavy atom. The van der Waals surface area contributed by atoms with Crippen LogP contribution in [-0.4, -0.2) is 36.2 Å². The fraction of sp³-hybridized carbons (Fsp3) is 0.269. The van der Waals surface area contributed by atoms with Crippen LogP contribution in [0, 0.1) is 5.82 Å². The summed E-state index contributed by atoms with van der Waals surface area (Å²) in [6, 6.07) is 23.8. The van der Waals surface area contributed by atoms with E-state index in [1.807, 2.05) is 49.4 Å². The van der Waals surface area contributed by atoms with Crippen molar-refractivity contribution in [3.8, 4) is 5.75 Å². The van der Waals surface area contributed by atoms with Crippen LogP contribution < -0.4 is 10.1 Å². The second-order valence-corrected chi connectivity index (χ2v) is 8.48. The van der Waals surface area contributed by atoms with E-state index in [2.05, 4.69) is 17.4 Å². The van der Waals surface area contributed by atoms with Gasteiger partial charge in [0.05, 0.1) is 5.54 Å². The summed E-state index contributed by atoms with van der Waals surface area (Å²) in [4.78, 5) is 15.1. The first kappa shape index (κ1) is 22.3. The number of rotatable bonds is 6. The Morgan fingerprint density at radius 1 is 1.09 bits per heavy atom. The van der Waals surface area contributed by atoms with Crippen molar-refractivity contribution in [1.82, 2.24) is 10.2 Å². The number of likely N-dealkylation sites (N-methyl/N-ethyl adjacent to an activating group) is 1. The average molecular weight is 453 g/mol. The molecule has 1 saturated heterocycles. The van der Waals surface area contributed by atoms with Crippen molar-refractivity contribution < 1.29 is 13.9 Å². The second kappa shape index (κ2) is 9.72. The highest BCUT2D eigenvalue weighted by Gasteiger charge is 2.50. The molecule has 3 aromatic rings. The van der Waals surface area contributed by atoms with Crippen molar-refractivity contribution >= 4 is 17.7 Å². The molecule has 1 N–H and O–H groups in total. The zero-order valence-electron chi connectivity index (χ0n) is 17.9. The predicted molar refractivity (Wildman–Crippen MR) is 125 cm³/mol. The predicted octanol–water partition coefficient (Wildman–Crippen LogP) is 5.67. The van der Waals surface area contributed by atoms with Crippen LogP contribution in [0.3, 0.4) is 0 Å². The molecule has 2 atom stereocenters. The lowest BCUT2D eigenvalue weighted by molar-refractivity contribution is 0.0826. The summed E-state index contributed by atoms with van der Waals surface area (Å²) in [5.74, 6) is -0.624. The summed E-state index contributed by atoms with van der Waals surface area (Å²) >= 11 is 6.13. The Morgan fingerprint density at radius 3 is 2.47 bits per heavy atom. The van der Waals surface area contributed by atoms with E-state index in [0.717, 1.165) is 11.1 Å². The van der Waals surface area contributed by atoms with Crippen molar-refractivity contribution in [2.75, 3.05) is 19.6 Å². The largest absolute Gasteiger partial charge is 0.415 e. The molecule has 1 fully saturated rings. The number of amides is 1. The lowest BCUT2D eigenvalue weighted by Gasteiger charge is -2.44. The van der Waals surface area contributed by atoms with Crippen LogP contribution in [0.15, 0.2) is 78.9 Å². The van der Waals surface area contributed by atoms with E-state index in [9.17, 15) is 9.18 Å². The smallest absolute Gasteiger partial charge is 0.407 e. The molecule has 0 spiro atoms. The highest BCUT2D eigenvalue weighted by atomic mass is 35.5. The highest BCUT2D eigenvalue weighted by Crippen LogP contribution is 2.40. The van der Waals surface area contributed by atoms with Gasteiger partial charge in [-0.15, -0.1) is 0 Å². The number of nitrogens with one attached hydrogen (secondary N) is 1. The molecule has 4 nitrogen and oxygen atoms in total. The molecule has 0 aliphatic carbocycles. The van der Waals surface area contributed by atoms with Gasteiger partial charge in [0, 0.05) is 30.6 Å². The molecule has 1 heterocycles. The van der Waals surface area contributed by atoms with Gasteiger partial charge in [-0.05, 0) is 48.7 Å². The van der Waals surface area contributed by atoms with E-state index in [4.69, 9.17) is 16.3 Å². The van der Waals surface area contributed by atoms with Gasteiger partial charge in [-0.1, -0.05) is 66.2 Å². The van der Waals surface area contributed by atoms with Crippen LogP contribution in [0.25, 0.3) is 0 Å². The number of para-hydroxylation sites is 1. The quantitative estimate of drug-likeness (QED) is 0.524. The third kappa shape index (κ3) is 4.50. The molecule has 1 aliphatic rings. The minimum Gasteiger partial charge on any atom is -0.407 e. The van der Waals surface area contributed by atoms with Crippen molar-refractivity contribution in [3.63, 3.8) is 0 Å².